The van der Waals surface area contributed by atoms with Crippen LogP contribution in [0.4, 0.5) is 10.5 Å². The van der Waals surface area contributed by atoms with Crippen LogP contribution >= 0.6 is 11.6 Å². The lowest BCUT2D eigenvalue weighted by atomic mass is 10.1. The molecule has 1 aliphatic heterocycles. The van der Waals surface area contributed by atoms with Crippen molar-refractivity contribution in [1.82, 2.24) is 0 Å². The van der Waals surface area contributed by atoms with Crippen molar-refractivity contribution in [2.24, 2.45) is 0 Å². The summed E-state index contributed by atoms with van der Waals surface area (Å²) in [5, 5.41) is 0.618. The first-order valence-electron chi connectivity index (χ1n) is 6.18. The van der Waals surface area contributed by atoms with Crippen molar-refractivity contribution in [3.63, 3.8) is 0 Å². The van der Waals surface area contributed by atoms with Gasteiger partial charge in [-0.15, -0.1) is 0 Å². The maximum Gasteiger partial charge on any atom is 0.419 e. The minimum absolute atomic E-state index is 0.401. The predicted octanol–water partition coefficient (Wildman–Crippen LogP) is 4.42. The Kier molecular flexibility index (Phi) is 3.20. The minimum atomic E-state index is -0.401. The van der Waals surface area contributed by atoms with Crippen LogP contribution in [0.2, 0.25) is 5.02 Å². The van der Waals surface area contributed by atoms with Gasteiger partial charge in [0, 0.05) is 17.6 Å². The molecule has 0 N–H and O–H groups in total. The molecule has 0 aromatic heterocycles. The van der Waals surface area contributed by atoms with Gasteiger partial charge in [-0.1, -0.05) is 41.9 Å². The first-order chi connectivity index (χ1) is 9.66. The number of carbonyl (C=O) groups is 1. The van der Waals surface area contributed by atoms with E-state index in [1.165, 1.54) is 4.90 Å². The highest BCUT2D eigenvalue weighted by Gasteiger charge is 2.26. The third-order valence-electron chi connectivity index (χ3n) is 3.19. The van der Waals surface area contributed by atoms with Crippen LogP contribution < -0.4 is 4.90 Å². The first kappa shape index (κ1) is 12.8. The van der Waals surface area contributed by atoms with Crippen LogP contribution in [0.15, 0.2) is 48.5 Å². The van der Waals surface area contributed by atoms with E-state index in [2.05, 4.69) is 0 Å². The Hall–Kier alpha value is -2.26. The fourth-order valence-electron chi connectivity index (χ4n) is 2.13. The molecule has 0 atom stereocenters. The number of fused-ring (bicyclic) bond motifs is 1. The van der Waals surface area contributed by atoms with Gasteiger partial charge < -0.3 is 4.74 Å². The van der Waals surface area contributed by atoms with Crippen molar-refractivity contribution in [1.29, 1.82) is 0 Å². The second-order valence-electron chi connectivity index (χ2n) is 4.47. The Morgan fingerprint density at radius 3 is 2.60 bits per heavy atom. The summed E-state index contributed by atoms with van der Waals surface area (Å²) in [6.45, 7) is 0. The number of benzene rings is 2. The number of para-hydroxylation sites is 1. The van der Waals surface area contributed by atoms with Crippen molar-refractivity contribution in [3.05, 3.63) is 64.7 Å². The van der Waals surface area contributed by atoms with E-state index in [0.717, 1.165) is 16.8 Å². The second-order valence-corrected chi connectivity index (χ2v) is 4.88. The molecule has 0 radical (unpaired) electrons. The smallest absolute Gasteiger partial charge is 0.409 e. The van der Waals surface area contributed by atoms with Crippen LogP contribution in [0.3, 0.4) is 0 Å². The van der Waals surface area contributed by atoms with Gasteiger partial charge in [0.1, 0.15) is 5.76 Å². The summed E-state index contributed by atoms with van der Waals surface area (Å²) < 4.78 is 5.37. The van der Waals surface area contributed by atoms with Crippen molar-refractivity contribution >= 4 is 35.2 Å². The third kappa shape index (κ3) is 2.17. The van der Waals surface area contributed by atoms with E-state index >= 15 is 0 Å². The van der Waals surface area contributed by atoms with E-state index < -0.39 is 6.09 Å². The molecule has 0 aliphatic carbocycles. The molecule has 0 saturated carbocycles. The van der Waals surface area contributed by atoms with Gasteiger partial charge in [-0.3, -0.25) is 4.90 Å². The van der Waals surface area contributed by atoms with E-state index in [1.54, 1.807) is 19.2 Å². The average molecular weight is 286 g/mol. The number of hydrogen-bond donors (Lipinski definition) is 0. The van der Waals surface area contributed by atoms with Crippen molar-refractivity contribution < 1.29 is 9.53 Å². The van der Waals surface area contributed by atoms with E-state index in [-0.39, 0.29) is 0 Å². The molecule has 100 valence electrons. The lowest BCUT2D eigenvalue weighted by Gasteiger charge is -2.26. The Labute approximate surface area is 122 Å². The maximum absolute atomic E-state index is 11.9. The molecule has 2 aromatic rings. The summed E-state index contributed by atoms with van der Waals surface area (Å²) >= 11 is 6.14. The van der Waals surface area contributed by atoms with E-state index in [1.807, 2.05) is 42.5 Å². The molecule has 0 saturated heterocycles. The molecule has 0 spiro atoms. The zero-order chi connectivity index (χ0) is 14.1. The quantitative estimate of drug-likeness (QED) is 0.776. The van der Waals surface area contributed by atoms with Crippen LogP contribution in [0.25, 0.3) is 11.8 Å². The molecule has 20 heavy (non-hydrogen) atoms. The number of ether oxygens (including phenoxy) is 1. The first-order valence-corrected chi connectivity index (χ1v) is 6.56. The molecule has 0 bridgehead atoms. The predicted molar refractivity (Wildman–Crippen MR) is 80.6 cm³/mol. The zero-order valence-corrected chi connectivity index (χ0v) is 11.6. The lowest BCUT2D eigenvalue weighted by Crippen LogP contribution is -2.31. The number of rotatable bonds is 1. The molecular formula is C16H12ClNO2. The van der Waals surface area contributed by atoms with Gasteiger partial charge in [0.25, 0.3) is 0 Å². The highest BCUT2D eigenvalue weighted by atomic mass is 35.5. The standard InChI is InChI=1S/C16H12ClNO2/c1-18-14-9-5-3-7-12(14)15(20-16(18)19)10-11-6-2-4-8-13(11)17/h2-10H,1H3/b15-10-. The second kappa shape index (κ2) is 5.02. The highest BCUT2D eigenvalue weighted by molar-refractivity contribution is 6.32. The number of amides is 1. The summed E-state index contributed by atoms with van der Waals surface area (Å²) in [5.41, 5.74) is 2.51. The summed E-state index contributed by atoms with van der Waals surface area (Å²) in [6, 6.07) is 15.0. The lowest BCUT2D eigenvalue weighted by molar-refractivity contribution is 0.199. The molecule has 0 unspecified atom stereocenters. The van der Waals surface area contributed by atoms with Gasteiger partial charge in [0.2, 0.25) is 0 Å². The van der Waals surface area contributed by atoms with Gasteiger partial charge in [0.15, 0.2) is 0 Å². The van der Waals surface area contributed by atoms with E-state index in [4.69, 9.17) is 16.3 Å². The van der Waals surface area contributed by atoms with Gasteiger partial charge in [-0.25, -0.2) is 4.79 Å². The van der Waals surface area contributed by atoms with Crippen LogP contribution in [-0.2, 0) is 4.74 Å². The fraction of sp³-hybridized carbons (Fsp3) is 0.0625. The number of nitrogens with zero attached hydrogens (tertiary/aromatic N) is 1. The largest absolute Gasteiger partial charge is 0.419 e. The zero-order valence-electron chi connectivity index (χ0n) is 10.8. The van der Waals surface area contributed by atoms with Crippen molar-refractivity contribution in [2.45, 2.75) is 0 Å². The number of carbonyl (C=O) groups excluding carboxylic acids is 1. The monoisotopic (exact) mass is 285 g/mol. The topological polar surface area (TPSA) is 29.5 Å². The number of cyclic esters (lactones) is 1. The van der Waals surface area contributed by atoms with Crippen molar-refractivity contribution in [3.8, 4) is 0 Å². The normalized spacial score (nSPS) is 16.0. The summed E-state index contributed by atoms with van der Waals surface area (Å²) in [4.78, 5) is 13.4. The molecule has 4 heteroatoms. The molecular weight excluding hydrogens is 274 g/mol. The molecule has 0 fully saturated rings. The summed E-state index contributed by atoms with van der Waals surface area (Å²) in [6.07, 6.45) is 1.38. The Morgan fingerprint density at radius 1 is 1.10 bits per heavy atom. The van der Waals surface area contributed by atoms with Crippen LogP contribution in [0.5, 0.6) is 0 Å². The maximum atomic E-state index is 11.9. The number of hydrogen-bond acceptors (Lipinski definition) is 2. The summed E-state index contributed by atoms with van der Waals surface area (Å²) in [7, 11) is 1.69. The van der Waals surface area contributed by atoms with Gasteiger partial charge in [-0.05, 0) is 29.8 Å². The number of halogens is 1. The van der Waals surface area contributed by atoms with Gasteiger partial charge >= 0.3 is 6.09 Å². The molecule has 2 aromatic carbocycles. The number of anilines is 1. The highest BCUT2D eigenvalue weighted by Crippen LogP contribution is 2.34. The Balaban J connectivity index is 2.13. The van der Waals surface area contributed by atoms with E-state index in [0.29, 0.717) is 10.8 Å². The third-order valence-corrected chi connectivity index (χ3v) is 3.54. The average Bonchev–Trinajstić information content (AvgIpc) is 2.47. The summed E-state index contributed by atoms with van der Waals surface area (Å²) in [5.74, 6) is 0.511. The SMILES string of the molecule is CN1C(=O)O/C(=C\c2ccccc2Cl)c2ccccc21. The molecule has 1 aliphatic rings. The van der Waals surface area contributed by atoms with E-state index in [9.17, 15) is 4.79 Å². The molecule has 1 heterocycles. The van der Waals surface area contributed by atoms with Gasteiger partial charge in [0.05, 0.1) is 5.69 Å². The Morgan fingerprint density at radius 2 is 1.80 bits per heavy atom. The van der Waals surface area contributed by atoms with Gasteiger partial charge in [-0.2, -0.15) is 0 Å². The van der Waals surface area contributed by atoms with Crippen molar-refractivity contribution in [2.75, 3.05) is 11.9 Å². The fourth-order valence-corrected chi connectivity index (χ4v) is 2.32. The molecule has 3 rings (SSSR count). The molecule has 3 nitrogen and oxygen atoms in total. The van der Waals surface area contributed by atoms with Crippen LogP contribution in [0, 0.1) is 0 Å². The Bertz CT molecular complexity index is 709. The van der Waals surface area contributed by atoms with Crippen LogP contribution in [0.1, 0.15) is 11.1 Å². The minimum Gasteiger partial charge on any atom is -0.409 e. The van der Waals surface area contributed by atoms with Crippen LogP contribution in [-0.4, -0.2) is 13.1 Å². The molecule has 1 amide bonds.